The van der Waals surface area contributed by atoms with Gasteiger partial charge in [-0.2, -0.15) is 0 Å². The molecule has 29 heavy (non-hydrogen) atoms. The number of halogens is 1. The second kappa shape index (κ2) is 12.4. The third-order valence-electron chi connectivity index (χ3n) is 4.90. The number of thiophene rings is 1. The topological polar surface area (TPSA) is 58.1 Å². The van der Waals surface area contributed by atoms with Crippen LogP contribution in [-0.2, 0) is 11.3 Å². The molecule has 6 nitrogen and oxygen atoms in total. The van der Waals surface area contributed by atoms with Gasteiger partial charge >= 0.3 is 0 Å². The Morgan fingerprint density at radius 2 is 1.97 bits per heavy atom. The van der Waals surface area contributed by atoms with E-state index in [0.717, 1.165) is 50.1 Å². The summed E-state index contributed by atoms with van der Waals surface area (Å²) < 4.78 is 11.0. The van der Waals surface area contributed by atoms with Gasteiger partial charge in [-0.25, -0.2) is 0 Å². The third kappa shape index (κ3) is 6.84. The predicted octanol–water partition coefficient (Wildman–Crippen LogP) is 3.42. The van der Waals surface area contributed by atoms with Crippen LogP contribution in [0.4, 0.5) is 0 Å². The maximum absolute atomic E-state index is 5.54. The Morgan fingerprint density at radius 1 is 1.21 bits per heavy atom. The van der Waals surface area contributed by atoms with Crippen LogP contribution in [0.1, 0.15) is 21.4 Å². The zero-order valence-corrected chi connectivity index (χ0v) is 20.5. The molecule has 1 aliphatic rings. The zero-order valence-electron chi connectivity index (χ0n) is 17.3. The first-order valence-corrected chi connectivity index (χ1v) is 10.5. The monoisotopic (exact) mass is 530 g/mol. The van der Waals surface area contributed by atoms with E-state index in [9.17, 15) is 0 Å². The number of methoxy groups -OCH3 is 1. The lowest BCUT2D eigenvalue weighted by molar-refractivity contribution is 0.0177. The van der Waals surface area contributed by atoms with E-state index >= 15 is 0 Å². The van der Waals surface area contributed by atoms with Crippen LogP contribution in [0.3, 0.4) is 0 Å². The Labute approximate surface area is 194 Å². The summed E-state index contributed by atoms with van der Waals surface area (Å²) in [5, 5.41) is 6.90. The summed E-state index contributed by atoms with van der Waals surface area (Å²) in [7, 11) is 3.50. The first-order chi connectivity index (χ1) is 13.7. The van der Waals surface area contributed by atoms with Crippen molar-refractivity contribution in [3.63, 3.8) is 0 Å². The Morgan fingerprint density at radius 3 is 2.62 bits per heavy atom. The van der Waals surface area contributed by atoms with Crippen LogP contribution in [0.2, 0.25) is 0 Å². The molecule has 1 aromatic carbocycles. The lowest BCUT2D eigenvalue weighted by Crippen LogP contribution is -2.46. The van der Waals surface area contributed by atoms with Crippen LogP contribution in [0, 0.1) is 6.92 Å². The van der Waals surface area contributed by atoms with Gasteiger partial charge in [0.2, 0.25) is 0 Å². The van der Waals surface area contributed by atoms with Crippen molar-refractivity contribution >= 4 is 41.3 Å². The van der Waals surface area contributed by atoms with Crippen molar-refractivity contribution in [3.8, 4) is 5.75 Å². The summed E-state index contributed by atoms with van der Waals surface area (Å²) in [4.78, 5) is 9.61. The number of rotatable bonds is 7. The number of hydrogen-bond acceptors (Lipinski definition) is 5. The molecule has 1 atom stereocenters. The van der Waals surface area contributed by atoms with Gasteiger partial charge in [-0.05, 0) is 25.1 Å². The number of ether oxygens (including phenoxy) is 2. The van der Waals surface area contributed by atoms with E-state index in [4.69, 9.17) is 9.47 Å². The molecular formula is C21H31IN4O2S. The minimum absolute atomic E-state index is 0. The smallest absolute Gasteiger partial charge is 0.191 e. The molecule has 0 radical (unpaired) electrons. The van der Waals surface area contributed by atoms with E-state index in [-0.39, 0.29) is 24.0 Å². The van der Waals surface area contributed by atoms with Gasteiger partial charge in [-0.15, -0.1) is 35.3 Å². The number of aliphatic imine (C=N–C) groups is 1. The van der Waals surface area contributed by atoms with Crippen molar-refractivity contribution in [1.29, 1.82) is 0 Å². The Kier molecular flexibility index (Phi) is 10.2. The highest BCUT2D eigenvalue weighted by Gasteiger charge is 2.24. The number of nitrogens with zero attached hydrogens (tertiary/aromatic N) is 2. The molecule has 0 amide bonds. The molecule has 160 valence electrons. The van der Waals surface area contributed by atoms with E-state index in [2.05, 4.69) is 45.6 Å². The number of aryl methyl sites for hydroxylation is 1. The molecule has 2 heterocycles. The quantitative estimate of drug-likeness (QED) is 0.327. The molecule has 3 rings (SSSR count). The molecule has 8 heteroatoms. The van der Waals surface area contributed by atoms with Gasteiger partial charge < -0.3 is 20.1 Å². The maximum atomic E-state index is 5.54. The summed E-state index contributed by atoms with van der Waals surface area (Å²) in [5.41, 5.74) is 1.10. The summed E-state index contributed by atoms with van der Waals surface area (Å²) in [6, 6.07) is 12.8. The highest BCUT2D eigenvalue weighted by molar-refractivity contribution is 14.0. The van der Waals surface area contributed by atoms with E-state index in [1.165, 1.54) is 9.75 Å². The summed E-state index contributed by atoms with van der Waals surface area (Å²) >= 11 is 1.86. The van der Waals surface area contributed by atoms with Crippen LogP contribution >= 0.6 is 35.3 Å². The van der Waals surface area contributed by atoms with E-state index in [1.54, 1.807) is 14.2 Å². The average molecular weight is 530 g/mol. The number of hydrogen-bond donors (Lipinski definition) is 2. The van der Waals surface area contributed by atoms with Crippen LogP contribution in [0.5, 0.6) is 5.75 Å². The summed E-state index contributed by atoms with van der Waals surface area (Å²) in [5.74, 6) is 1.67. The fourth-order valence-electron chi connectivity index (χ4n) is 3.37. The summed E-state index contributed by atoms with van der Waals surface area (Å²) in [6.45, 7) is 7.11. The van der Waals surface area contributed by atoms with Gasteiger partial charge in [0.05, 0.1) is 26.4 Å². The Bertz CT molecular complexity index is 778. The molecule has 1 saturated heterocycles. The van der Waals surface area contributed by atoms with Crippen LogP contribution in [0.15, 0.2) is 41.4 Å². The molecular weight excluding hydrogens is 499 g/mol. The van der Waals surface area contributed by atoms with Gasteiger partial charge in [0, 0.05) is 48.5 Å². The van der Waals surface area contributed by atoms with Crippen molar-refractivity contribution in [2.45, 2.75) is 19.5 Å². The third-order valence-corrected chi connectivity index (χ3v) is 6.00. The van der Waals surface area contributed by atoms with E-state index in [1.807, 2.05) is 29.5 Å². The van der Waals surface area contributed by atoms with Crippen molar-refractivity contribution in [1.82, 2.24) is 15.5 Å². The number of para-hydroxylation sites is 1. The van der Waals surface area contributed by atoms with Crippen LogP contribution < -0.4 is 15.4 Å². The average Bonchev–Trinajstić information content (AvgIpc) is 3.17. The summed E-state index contributed by atoms with van der Waals surface area (Å²) in [6.07, 6.45) is 0. The second-order valence-corrected chi connectivity index (χ2v) is 8.05. The molecule has 2 aromatic rings. The lowest BCUT2D eigenvalue weighted by Gasteiger charge is -2.34. The largest absolute Gasteiger partial charge is 0.496 e. The molecule has 0 spiro atoms. The van der Waals surface area contributed by atoms with Gasteiger partial charge in [0.15, 0.2) is 5.96 Å². The minimum Gasteiger partial charge on any atom is -0.496 e. The highest BCUT2D eigenvalue weighted by Crippen LogP contribution is 2.28. The normalized spacial score (nSPS) is 16.0. The number of benzene rings is 1. The Balaban J connectivity index is 0.00000300. The number of guanidine groups is 1. The molecule has 1 fully saturated rings. The molecule has 2 N–H and O–H groups in total. The zero-order chi connectivity index (χ0) is 19.8. The first-order valence-electron chi connectivity index (χ1n) is 9.66. The SMILES string of the molecule is CN=C(NCc1ccccc1OC)NCC(c1ccc(C)s1)N1CCOCC1.I. The van der Waals surface area contributed by atoms with Crippen LogP contribution in [-0.4, -0.2) is 57.9 Å². The molecule has 0 saturated carbocycles. The number of morpholine rings is 1. The maximum Gasteiger partial charge on any atom is 0.191 e. The second-order valence-electron chi connectivity index (χ2n) is 6.73. The van der Waals surface area contributed by atoms with Crippen molar-refractivity contribution in [2.75, 3.05) is 47.0 Å². The molecule has 0 aliphatic carbocycles. The Hall–Kier alpha value is -1.36. The van der Waals surface area contributed by atoms with E-state index in [0.29, 0.717) is 12.6 Å². The minimum atomic E-state index is 0. The highest BCUT2D eigenvalue weighted by atomic mass is 127. The van der Waals surface area contributed by atoms with Crippen molar-refractivity contribution < 1.29 is 9.47 Å². The van der Waals surface area contributed by atoms with Crippen molar-refractivity contribution in [2.24, 2.45) is 4.99 Å². The predicted molar refractivity (Wildman–Crippen MR) is 131 cm³/mol. The van der Waals surface area contributed by atoms with Crippen molar-refractivity contribution in [3.05, 3.63) is 51.7 Å². The fourth-order valence-corrected chi connectivity index (χ4v) is 4.39. The van der Waals surface area contributed by atoms with Gasteiger partial charge in [0.25, 0.3) is 0 Å². The van der Waals surface area contributed by atoms with Gasteiger partial charge in [0.1, 0.15) is 5.75 Å². The van der Waals surface area contributed by atoms with Gasteiger partial charge in [-0.3, -0.25) is 9.89 Å². The molecule has 0 bridgehead atoms. The van der Waals surface area contributed by atoms with Gasteiger partial charge in [-0.1, -0.05) is 18.2 Å². The number of nitrogens with one attached hydrogen (secondary N) is 2. The van der Waals surface area contributed by atoms with Crippen LogP contribution in [0.25, 0.3) is 0 Å². The fraction of sp³-hybridized carbons (Fsp3) is 0.476. The molecule has 1 unspecified atom stereocenters. The van der Waals surface area contributed by atoms with E-state index < -0.39 is 0 Å². The first kappa shape index (κ1) is 23.9. The standard InChI is InChI=1S/C21H30N4O2S.HI/c1-16-8-9-20(28-16)18(25-10-12-27-13-11-25)15-24-21(22-2)23-14-17-6-4-5-7-19(17)26-3;/h4-9,18H,10-15H2,1-3H3,(H2,22,23,24);1H. The molecule has 1 aromatic heterocycles. The lowest BCUT2D eigenvalue weighted by atomic mass is 10.2. The molecule has 1 aliphatic heterocycles.